The summed E-state index contributed by atoms with van der Waals surface area (Å²) in [5, 5.41) is 0. The summed E-state index contributed by atoms with van der Waals surface area (Å²) in [7, 11) is 0. The number of primary amides is 1. The summed E-state index contributed by atoms with van der Waals surface area (Å²) < 4.78 is 11.1. The second-order valence-electron chi connectivity index (χ2n) is 4.08. The molecule has 1 saturated heterocycles. The standard InChI is InChI=1S/C12H15NO3/c1-9-12(8-15-9,7-11(13)14)16-10-5-3-2-4-6-10/h2-6,9H,7-8H2,1H3,(H2,13,14). The van der Waals surface area contributed by atoms with Crippen LogP contribution < -0.4 is 10.5 Å². The van der Waals surface area contributed by atoms with Crippen molar-refractivity contribution in [2.75, 3.05) is 6.61 Å². The third-order valence-corrected chi connectivity index (χ3v) is 2.86. The van der Waals surface area contributed by atoms with Crippen molar-refractivity contribution in [2.45, 2.75) is 25.0 Å². The predicted octanol–water partition coefficient (Wildman–Crippen LogP) is 1.10. The maximum atomic E-state index is 11.0. The van der Waals surface area contributed by atoms with Crippen molar-refractivity contribution in [3.8, 4) is 5.75 Å². The van der Waals surface area contributed by atoms with Crippen molar-refractivity contribution in [2.24, 2.45) is 5.73 Å². The highest BCUT2D eigenvalue weighted by molar-refractivity contribution is 5.75. The van der Waals surface area contributed by atoms with Crippen LogP contribution in [0.25, 0.3) is 0 Å². The molecule has 1 fully saturated rings. The molecular formula is C12H15NO3. The number of benzene rings is 1. The van der Waals surface area contributed by atoms with Gasteiger partial charge in [-0.25, -0.2) is 0 Å². The van der Waals surface area contributed by atoms with Crippen LogP contribution in [0.15, 0.2) is 30.3 Å². The molecule has 0 spiro atoms. The number of ether oxygens (including phenoxy) is 2. The summed E-state index contributed by atoms with van der Waals surface area (Å²) >= 11 is 0. The van der Waals surface area contributed by atoms with Crippen LogP contribution in [0.1, 0.15) is 13.3 Å². The van der Waals surface area contributed by atoms with Crippen LogP contribution >= 0.6 is 0 Å². The Labute approximate surface area is 94.3 Å². The van der Waals surface area contributed by atoms with Gasteiger partial charge < -0.3 is 15.2 Å². The summed E-state index contributed by atoms with van der Waals surface area (Å²) in [6, 6.07) is 9.39. The Morgan fingerprint density at radius 2 is 2.25 bits per heavy atom. The monoisotopic (exact) mass is 221 g/mol. The van der Waals surface area contributed by atoms with E-state index < -0.39 is 5.60 Å². The Bertz CT molecular complexity index is 379. The number of carbonyl (C=O) groups excluding carboxylic acids is 1. The van der Waals surface area contributed by atoms with Gasteiger partial charge in [-0.15, -0.1) is 0 Å². The lowest BCUT2D eigenvalue weighted by Gasteiger charge is -2.46. The summed E-state index contributed by atoms with van der Waals surface area (Å²) in [6.45, 7) is 2.29. The molecule has 4 heteroatoms. The van der Waals surface area contributed by atoms with E-state index in [1.807, 2.05) is 37.3 Å². The molecule has 1 aromatic carbocycles. The molecule has 1 aliphatic rings. The first-order valence-corrected chi connectivity index (χ1v) is 5.26. The molecule has 4 nitrogen and oxygen atoms in total. The first kappa shape index (κ1) is 11.0. The fourth-order valence-electron chi connectivity index (χ4n) is 1.80. The van der Waals surface area contributed by atoms with Crippen LogP contribution in [0.4, 0.5) is 0 Å². The Morgan fingerprint density at radius 3 is 2.69 bits per heavy atom. The van der Waals surface area contributed by atoms with Crippen LogP contribution in [0.5, 0.6) is 5.75 Å². The molecule has 2 N–H and O–H groups in total. The van der Waals surface area contributed by atoms with Gasteiger partial charge in [0.25, 0.3) is 0 Å². The van der Waals surface area contributed by atoms with Gasteiger partial charge in [-0.05, 0) is 19.1 Å². The first-order valence-electron chi connectivity index (χ1n) is 5.26. The average molecular weight is 221 g/mol. The van der Waals surface area contributed by atoms with Gasteiger partial charge in [0.05, 0.1) is 19.1 Å². The van der Waals surface area contributed by atoms with Crippen molar-refractivity contribution in [1.82, 2.24) is 0 Å². The van der Waals surface area contributed by atoms with Crippen LogP contribution in [0.3, 0.4) is 0 Å². The predicted molar refractivity (Wildman–Crippen MR) is 59.0 cm³/mol. The van der Waals surface area contributed by atoms with Crippen LogP contribution in [0.2, 0.25) is 0 Å². The van der Waals surface area contributed by atoms with E-state index in [0.29, 0.717) is 6.61 Å². The Hall–Kier alpha value is -1.55. The molecule has 1 aliphatic heterocycles. The van der Waals surface area contributed by atoms with Crippen LogP contribution in [-0.4, -0.2) is 24.2 Å². The largest absolute Gasteiger partial charge is 0.482 e. The zero-order valence-electron chi connectivity index (χ0n) is 9.18. The number of rotatable bonds is 4. The lowest BCUT2D eigenvalue weighted by molar-refractivity contribution is -0.216. The molecule has 86 valence electrons. The van der Waals surface area contributed by atoms with Gasteiger partial charge in [-0.2, -0.15) is 0 Å². The molecule has 2 unspecified atom stereocenters. The minimum Gasteiger partial charge on any atom is -0.482 e. The van der Waals surface area contributed by atoms with Gasteiger partial charge in [-0.3, -0.25) is 4.79 Å². The first-order chi connectivity index (χ1) is 7.62. The van der Waals surface area contributed by atoms with E-state index in [4.69, 9.17) is 15.2 Å². The second-order valence-corrected chi connectivity index (χ2v) is 4.08. The van der Waals surface area contributed by atoms with Crippen LogP contribution in [0, 0.1) is 0 Å². The highest BCUT2D eigenvalue weighted by Gasteiger charge is 2.49. The van der Waals surface area contributed by atoms with Crippen molar-refractivity contribution < 1.29 is 14.3 Å². The van der Waals surface area contributed by atoms with E-state index in [1.54, 1.807) is 0 Å². The molecule has 0 aliphatic carbocycles. The Balaban J connectivity index is 2.12. The maximum Gasteiger partial charge on any atom is 0.221 e. The van der Waals surface area contributed by atoms with E-state index >= 15 is 0 Å². The average Bonchev–Trinajstić information content (AvgIpc) is 2.27. The van der Waals surface area contributed by atoms with Gasteiger partial charge in [0, 0.05) is 0 Å². The van der Waals surface area contributed by atoms with Gasteiger partial charge >= 0.3 is 0 Å². The molecule has 0 radical (unpaired) electrons. The third kappa shape index (κ3) is 2.02. The Morgan fingerprint density at radius 1 is 1.56 bits per heavy atom. The molecule has 16 heavy (non-hydrogen) atoms. The zero-order chi connectivity index (χ0) is 11.6. The molecule has 0 aromatic heterocycles. The van der Waals surface area contributed by atoms with Gasteiger partial charge in [0.1, 0.15) is 5.75 Å². The van der Waals surface area contributed by atoms with Crippen molar-refractivity contribution in [1.29, 1.82) is 0 Å². The lowest BCUT2D eigenvalue weighted by Crippen LogP contribution is -2.62. The van der Waals surface area contributed by atoms with Crippen LogP contribution in [-0.2, 0) is 9.53 Å². The number of hydrogen-bond donors (Lipinski definition) is 1. The van der Waals surface area contributed by atoms with E-state index in [9.17, 15) is 4.79 Å². The minimum absolute atomic E-state index is 0.111. The quantitative estimate of drug-likeness (QED) is 0.828. The summed E-state index contributed by atoms with van der Waals surface area (Å²) in [5.74, 6) is 0.366. The second kappa shape index (κ2) is 4.14. The van der Waals surface area contributed by atoms with Gasteiger partial charge in [0.2, 0.25) is 5.91 Å². The van der Waals surface area contributed by atoms with Gasteiger partial charge in [0.15, 0.2) is 5.60 Å². The van der Waals surface area contributed by atoms with E-state index in [1.165, 1.54) is 0 Å². The molecule has 1 heterocycles. The molecule has 0 bridgehead atoms. The van der Waals surface area contributed by atoms with Crippen molar-refractivity contribution in [3.05, 3.63) is 30.3 Å². The van der Waals surface area contributed by atoms with Crippen molar-refractivity contribution >= 4 is 5.91 Å². The molecule has 2 atom stereocenters. The normalized spacial score (nSPS) is 28.2. The SMILES string of the molecule is CC1OCC1(CC(N)=O)Oc1ccccc1. The highest BCUT2D eigenvalue weighted by atomic mass is 16.6. The fraction of sp³-hybridized carbons (Fsp3) is 0.417. The van der Waals surface area contributed by atoms with Gasteiger partial charge in [-0.1, -0.05) is 18.2 Å². The summed E-state index contributed by atoms with van der Waals surface area (Å²) in [4.78, 5) is 11.0. The summed E-state index contributed by atoms with van der Waals surface area (Å²) in [6.07, 6.45) is 0.0727. The zero-order valence-corrected chi connectivity index (χ0v) is 9.18. The smallest absolute Gasteiger partial charge is 0.221 e. The lowest BCUT2D eigenvalue weighted by atomic mass is 9.89. The molecule has 2 rings (SSSR count). The molecular weight excluding hydrogens is 206 g/mol. The Kier molecular flexibility index (Phi) is 2.83. The maximum absolute atomic E-state index is 11.0. The molecule has 0 saturated carbocycles. The number of amides is 1. The molecule has 1 aromatic rings. The van der Waals surface area contributed by atoms with Crippen molar-refractivity contribution in [3.63, 3.8) is 0 Å². The minimum atomic E-state index is -0.590. The van der Waals surface area contributed by atoms with E-state index in [0.717, 1.165) is 5.75 Å². The number of hydrogen-bond acceptors (Lipinski definition) is 3. The number of carbonyl (C=O) groups is 1. The number of para-hydroxylation sites is 1. The third-order valence-electron chi connectivity index (χ3n) is 2.86. The fourth-order valence-corrected chi connectivity index (χ4v) is 1.80. The number of nitrogens with two attached hydrogens (primary N) is 1. The van der Waals surface area contributed by atoms with E-state index in [2.05, 4.69) is 0 Å². The van der Waals surface area contributed by atoms with E-state index in [-0.39, 0.29) is 18.4 Å². The highest BCUT2D eigenvalue weighted by Crippen LogP contribution is 2.34. The molecule has 1 amide bonds. The topological polar surface area (TPSA) is 61.5 Å². The summed E-state index contributed by atoms with van der Waals surface area (Å²) in [5.41, 5.74) is 4.64.